The highest BCUT2D eigenvalue weighted by Gasteiger charge is 2.29. The molecule has 1 N–H and O–H groups in total. The number of rotatable bonds is 6. The molecule has 1 aliphatic carbocycles. The fourth-order valence-electron chi connectivity index (χ4n) is 4.33. The fraction of sp³-hybridized carbons (Fsp3) is 0.667. The summed E-state index contributed by atoms with van der Waals surface area (Å²) >= 11 is 0. The normalized spacial score (nSPS) is 25.6. The summed E-state index contributed by atoms with van der Waals surface area (Å²) in [4.78, 5) is 13.6. The predicted octanol–water partition coefficient (Wildman–Crippen LogP) is 4.19. The van der Waals surface area contributed by atoms with Crippen LogP contribution >= 0.6 is 0 Å². The van der Waals surface area contributed by atoms with Crippen LogP contribution in [0.3, 0.4) is 0 Å². The molecule has 0 radical (unpaired) electrons. The number of carboxylic acids is 1. The van der Waals surface area contributed by atoms with Crippen LogP contribution in [0.5, 0.6) is 5.75 Å². The third-order valence-electron chi connectivity index (χ3n) is 5.60. The van der Waals surface area contributed by atoms with Crippen molar-refractivity contribution in [3.8, 4) is 5.75 Å². The Labute approximate surface area is 151 Å². The number of benzene rings is 1. The Hall–Kier alpha value is -1.55. The average Bonchev–Trinajstić information content (AvgIpc) is 2.61. The van der Waals surface area contributed by atoms with Gasteiger partial charge in [0.2, 0.25) is 0 Å². The van der Waals surface area contributed by atoms with Crippen molar-refractivity contribution in [2.24, 2.45) is 17.8 Å². The minimum absolute atomic E-state index is 0.241. The van der Waals surface area contributed by atoms with E-state index in [4.69, 9.17) is 4.74 Å². The van der Waals surface area contributed by atoms with E-state index in [2.05, 4.69) is 24.0 Å². The van der Waals surface area contributed by atoms with Crippen molar-refractivity contribution in [1.82, 2.24) is 4.90 Å². The molecule has 1 aromatic carbocycles. The Kier molecular flexibility index (Phi) is 6.35. The molecule has 2 aliphatic rings. The molecule has 0 aromatic heterocycles. The molecular weight excluding hydrogens is 314 g/mol. The third kappa shape index (κ3) is 5.46. The van der Waals surface area contributed by atoms with E-state index < -0.39 is 5.97 Å². The molecule has 4 heteroatoms. The van der Waals surface area contributed by atoms with Gasteiger partial charge in [-0.15, -0.1) is 0 Å². The van der Waals surface area contributed by atoms with Gasteiger partial charge in [-0.2, -0.15) is 0 Å². The van der Waals surface area contributed by atoms with Crippen LogP contribution in [0.1, 0.15) is 51.0 Å². The molecule has 138 valence electrons. The summed E-state index contributed by atoms with van der Waals surface area (Å²) in [7, 11) is 0. The van der Waals surface area contributed by atoms with Crippen molar-refractivity contribution in [3.63, 3.8) is 0 Å². The maximum atomic E-state index is 11.3. The number of ether oxygens (including phenoxy) is 1. The van der Waals surface area contributed by atoms with Crippen molar-refractivity contribution in [3.05, 3.63) is 29.8 Å². The molecule has 25 heavy (non-hydrogen) atoms. The maximum Gasteiger partial charge on any atom is 0.307 e. The Bertz CT molecular complexity index is 568. The van der Waals surface area contributed by atoms with Gasteiger partial charge < -0.3 is 9.84 Å². The van der Waals surface area contributed by atoms with E-state index in [-0.39, 0.29) is 5.92 Å². The van der Waals surface area contributed by atoms with Gasteiger partial charge in [0.25, 0.3) is 0 Å². The zero-order valence-corrected chi connectivity index (χ0v) is 15.3. The average molecular weight is 345 g/mol. The van der Waals surface area contributed by atoms with E-state index in [1.54, 1.807) is 0 Å². The van der Waals surface area contributed by atoms with E-state index in [1.165, 1.54) is 37.7 Å². The summed E-state index contributed by atoms with van der Waals surface area (Å²) in [6.45, 7) is 5.38. The molecule has 1 saturated heterocycles. The van der Waals surface area contributed by atoms with E-state index in [9.17, 15) is 9.90 Å². The summed E-state index contributed by atoms with van der Waals surface area (Å²) in [6.07, 6.45) is 7.43. The zero-order chi connectivity index (χ0) is 17.6. The first kappa shape index (κ1) is 18.2. The van der Waals surface area contributed by atoms with Crippen LogP contribution in [0, 0.1) is 17.8 Å². The summed E-state index contributed by atoms with van der Waals surface area (Å²) in [5.74, 6) is 1.18. The molecule has 1 saturated carbocycles. The number of nitrogens with zero attached hydrogens (tertiary/aromatic N) is 1. The third-order valence-corrected chi connectivity index (χ3v) is 5.60. The lowest BCUT2D eigenvalue weighted by Crippen LogP contribution is -2.41. The SMILES string of the molecule is CC1CC(C(=O)O)CN(Cc2cccc(OCC3CCCCC3)c2)C1. The van der Waals surface area contributed by atoms with Crippen LogP contribution in [0.4, 0.5) is 0 Å². The van der Waals surface area contributed by atoms with Crippen LogP contribution in [-0.4, -0.2) is 35.7 Å². The first-order chi connectivity index (χ1) is 12.1. The van der Waals surface area contributed by atoms with Crippen LogP contribution in [-0.2, 0) is 11.3 Å². The summed E-state index contributed by atoms with van der Waals surface area (Å²) in [5.41, 5.74) is 1.21. The monoisotopic (exact) mass is 345 g/mol. The van der Waals surface area contributed by atoms with Gasteiger partial charge in [-0.1, -0.05) is 38.3 Å². The highest BCUT2D eigenvalue weighted by Crippen LogP contribution is 2.26. The molecule has 2 atom stereocenters. The van der Waals surface area contributed by atoms with Crippen molar-refractivity contribution in [1.29, 1.82) is 0 Å². The van der Waals surface area contributed by atoms with Crippen molar-refractivity contribution in [2.45, 2.75) is 52.0 Å². The molecular formula is C21H31NO3. The van der Waals surface area contributed by atoms with Crippen LogP contribution < -0.4 is 4.74 Å². The van der Waals surface area contributed by atoms with Gasteiger partial charge in [0.15, 0.2) is 0 Å². The minimum atomic E-state index is -0.666. The smallest absolute Gasteiger partial charge is 0.307 e. The zero-order valence-electron chi connectivity index (χ0n) is 15.3. The second-order valence-corrected chi connectivity index (χ2v) is 8.03. The van der Waals surface area contributed by atoms with Crippen molar-refractivity contribution >= 4 is 5.97 Å². The topological polar surface area (TPSA) is 49.8 Å². The lowest BCUT2D eigenvalue weighted by Gasteiger charge is -2.34. The number of hydrogen-bond donors (Lipinski definition) is 1. The Morgan fingerprint density at radius 2 is 2.04 bits per heavy atom. The first-order valence-electron chi connectivity index (χ1n) is 9.77. The number of aliphatic carboxylic acids is 1. The molecule has 4 nitrogen and oxygen atoms in total. The molecule has 1 aromatic rings. The largest absolute Gasteiger partial charge is 0.493 e. The number of carbonyl (C=O) groups is 1. The predicted molar refractivity (Wildman–Crippen MR) is 98.7 cm³/mol. The summed E-state index contributed by atoms with van der Waals surface area (Å²) in [5, 5.41) is 9.33. The van der Waals surface area contributed by atoms with Gasteiger partial charge in [0.05, 0.1) is 12.5 Å². The van der Waals surface area contributed by atoms with E-state index >= 15 is 0 Å². The Morgan fingerprint density at radius 1 is 1.24 bits per heavy atom. The maximum absolute atomic E-state index is 11.3. The molecule has 0 amide bonds. The highest BCUT2D eigenvalue weighted by molar-refractivity contribution is 5.70. The van der Waals surface area contributed by atoms with Gasteiger partial charge in [-0.3, -0.25) is 9.69 Å². The molecule has 1 aliphatic heterocycles. The molecule has 2 fully saturated rings. The van der Waals surface area contributed by atoms with Crippen molar-refractivity contribution in [2.75, 3.05) is 19.7 Å². The van der Waals surface area contributed by atoms with Crippen LogP contribution in [0.15, 0.2) is 24.3 Å². The quantitative estimate of drug-likeness (QED) is 0.840. The molecule has 1 heterocycles. The van der Waals surface area contributed by atoms with Gasteiger partial charge in [0, 0.05) is 19.6 Å². The number of carboxylic acid groups (broad SMARTS) is 1. The second kappa shape index (κ2) is 8.70. The molecule has 3 rings (SSSR count). The van der Waals surface area contributed by atoms with Gasteiger partial charge in [0.1, 0.15) is 5.75 Å². The van der Waals surface area contributed by atoms with Gasteiger partial charge in [-0.05, 0) is 48.8 Å². The molecule has 0 spiro atoms. The van der Waals surface area contributed by atoms with E-state index in [0.717, 1.165) is 31.9 Å². The lowest BCUT2D eigenvalue weighted by molar-refractivity contribution is -0.144. The second-order valence-electron chi connectivity index (χ2n) is 8.03. The van der Waals surface area contributed by atoms with Gasteiger partial charge in [-0.25, -0.2) is 0 Å². The fourth-order valence-corrected chi connectivity index (χ4v) is 4.33. The van der Waals surface area contributed by atoms with Gasteiger partial charge >= 0.3 is 5.97 Å². The summed E-state index contributed by atoms with van der Waals surface area (Å²) in [6, 6.07) is 8.32. The standard InChI is InChI=1S/C21H31NO3/c1-16-10-19(21(23)24)14-22(12-16)13-18-8-5-9-20(11-18)25-15-17-6-3-2-4-7-17/h5,8-9,11,16-17,19H,2-4,6-7,10,12-15H2,1H3,(H,23,24). The minimum Gasteiger partial charge on any atom is -0.493 e. The number of hydrogen-bond acceptors (Lipinski definition) is 3. The van der Waals surface area contributed by atoms with Crippen LogP contribution in [0.2, 0.25) is 0 Å². The van der Waals surface area contributed by atoms with E-state index in [1.807, 2.05) is 12.1 Å². The first-order valence-corrected chi connectivity index (χ1v) is 9.77. The highest BCUT2D eigenvalue weighted by atomic mass is 16.5. The Morgan fingerprint density at radius 3 is 2.80 bits per heavy atom. The summed E-state index contributed by atoms with van der Waals surface area (Å²) < 4.78 is 6.04. The molecule has 0 bridgehead atoms. The van der Waals surface area contributed by atoms with Crippen LogP contribution in [0.25, 0.3) is 0 Å². The number of likely N-dealkylation sites (tertiary alicyclic amines) is 1. The van der Waals surface area contributed by atoms with E-state index in [0.29, 0.717) is 18.4 Å². The number of piperidine rings is 1. The molecule has 2 unspecified atom stereocenters. The Balaban J connectivity index is 1.54. The lowest BCUT2D eigenvalue weighted by atomic mass is 9.90. The van der Waals surface area contributed by atoms with Crippen molar-refractivity contribution < 1.29 is 14.6 Å².